The Labute approximate surface area is 325 Å². The molecule has 0 saturated carbocycles. The molecular formula is C43H48N6O7. The van der Waals surface area contributed by atoms with E-state index in [0.29, 0.717) is 66.7 Å². The van der Waals surface area contributed by atoms with E-state index in [1.54, 1.807) is 42.6 Å². The van der Waals surface area contributed by atoms with Gasteiger partial charge in [-0.2, -0.15) is 0 Å². The first-order valence-corrected chi connectivity index (χ1v) is 19.2. The summed E-state index contributed by atoms with van der Waals surface area (Å²) >= 11 is 0. The second-order valence-corrected chi connectivity index (χ2v) is 15.3. The van der Waals surface area contributed by atoms with E-state index in [0.717, 1.165) is 22.3 Å². The number of amides is 6. The molecule has 6 rings (SSSR count). The number of benzene rings is 3. The van der Waals surface area contributed by atoms with E-state index in [1.165, 1.54) is 0 Å². The third kappa shape index (κ3) is 8.26. The van der Waals surface area contributed by atoms with E-state index in [2.05, 4.69) is 47.0 Å². The number of aromatic nitrogens is 1. The predicted molar refractivity (Wildman–Crippen MR) is 211 cm³/mol. The van der Waals surface area contributed by atoms with Gasteiger partial charge in [0.15, 0.2) is 0 Å². The molecule has 1 aromatic heterocycles. The molecule has 2 aliphatic rings. The van der Waals surface area contributed by atoms with E-state index in [4.69, 9.17) is 0 Å². The fraction of sp³-hybridized carbons (Fsp3) is 0.372. The molecule has 13 nitrogen and oxygen atoms in total. The van der Waals surface area contributed by atoms with Gasteiger partial charge >= 0.3 is 0 Å². The number of nitrogens with one attached hydrogen (secondary N) is 4. The van der Waals surface area contributed by atoms with Crippen molar-refractivity contribution in [3.05, 3.63) is 100 Å². The highest BCUT2D eigenvalue weighted by Gasteiger charge is 2.45. The number of unbranched alkanes of at least 4 members (excludes halogenated alkanes) is 2. The molecule has 3 aromatic carbocycles. The van der Waals surface area contributed by atoms with Crippen molar-refractivity contribution in [2.24, 2.45) is 0 Å². The normalized spacial score (nSPS) is 16.1. The van der Waals surface area contributed by atoms with E-state index in [1.807, 2.05) is 31.2 Å². The number of piperidine rings is 1. The Morgan fingerprint density at radius 3 is 2.48 bits per heavy atom. The van der Waals surface area contributed by atoms with Crippen LogP contribution in [0.2, 0.25) is 0 Å². The van der Waals surface area contributed by atoms with Gasteiger partial charge in [-0.15, -0.1) is 0 Å². The second-order valence-electron chi connectivity index (χ2n) is 15.3. The summed E-state index contributed by atoms with van der Waals surface area (Å²) in [4.78, 5) is 82.3. The summed E-state index contributed by atoms with van der Waals surface area (Å²) in [5, 5.41) is 23.9. The average molecular weight is 761 g/mol. The Bertz CT molecular complexity index is 2210. The standard InChI is InChI=1S/C43H48N6O7/c1-5-12-33(50)47-36(29-24-30(43(2,3)4)27-16-11-22-45-37(27)38(29)52)25-13-9-14-26(23-25)39(53)46-21-8-6-7-20-44-31-17-10-15-28-35(31)42(56)49(41(28)55)32-18-19-34(51)48-40(32)54/h9-11,13-17,22-24,32,36,44,52H,5-8,12,18-21H2,1-4H3,(H,46,53)(H,47,50)(H,48,51,54). The Kier molecular flexibility index (Phi) is 11.8. The number of hydrogen-bond acceptors (Lipinski definition) is 9. The van der Waals surface area contributed by atoms with Crippen LogP contribution >= 0.6 is 0 Å². The smallest absolute Gasteiger partial charge is 0.264 e. The minimum absolute atomic E-state index is 0.0225. The second kappa shape index (κ2) is 16.7. The molecule has 0 spiro atoms. The highest BCUT2D eigenvalue weighted by atomic mass is 16.3. The van der Waals surface area contributed by atoms with Gasteiger partial charge in [0.2, 0.25) is 17.7 Å². The van der Waals surface area contributed by atoms with Crippen LogP contribution < -0.4 is 21.3 Å². The molecule has 2 atom stereocenters. The lowest BCUT2D eigenvalue weighted by atomic mass is 9.81. The number of rotatable bonds is 14. The minimum Gasteiger partial charge on any atom is -0.505 e. The Balaban J connectivity index is 1.07. The fourth-order valence-corrected chi connectivity index (χ4v) is 7.37. The summed E-state index contributed by atoms with van der Waals surface area (Å²) in [7, 11) is 0. The summed E-state index contributed by atoms with van der Waals surface area (Å²) in [6, 6.07) is 15.9. The van der Waals surface area contributed by atoms with Crippen LogP contribution in [0, 0.1) is 0 Å². The van der Waals surface area contributed by atoms with E-state index < -0.39 is 35.7 Å². The van der Waals surface area contributed by atoms with Gasteiger partial charge in [-0.3, -0.25) is 44.0 Å². The largest absolute Gasteiger partial charge is 0.505 e. The van der Waals surface area contributed by atoms with Crippen LogP contribution in [-0.4, -0.2) is 69.6 Å². The predicted octanol–water partition coefficient (Wildman–Crippen LogP) is 5.66. The number of fused-ring (bicyclic) bond motifs is 2. The van der Waals surface area contributed by atoms with Crippen molar-refractivity contribution in [2.45, 2.75) is 90.1 Å². The van der Waals surface area contributed by atoms with Gasteiger partial charge in [-0.25, -0.2) is 0 Å². The number of carbonyl (C=O) groups is 6. The van der Waals surface area contributed by atoms with E-state index in [-0.39, 0.29) is 46.9 Å². The van der Waals surface area contributed by atoms with E-state index in [9.17, 15) is 33.9 Å². The van der Waals surface area contributed by atoms with Crippen LogP contribution in [0.1, 0.15) is 126 Å². The van der Waals surface area contributed by atoms with Crippen LogP contribution in [-0.2, 0) is 19.8 Å². The highest BCUT2D eigenvalue weighted by molar-refractivity contribution is 6.25. The monoisotopic (exact) mass is 760 g/mol. The summed E-state index contributed by atoms with van der Waals surface area (Å²) in [6.07, 6.45) is 4.88. The van der Waals surface area contributed by atoms with Crippen molar-refractivity contribution in [1.29, 1.82) is 0 Å². The zero-order valence-corrected chi connectivity index (χ0v) is 32.2. The van der Waals surface area contributed by atoms with Crippen LogP contribution in [0.3, 0.4) is 0 Å². The van der Waals surface area contributed by atoms with Gasteiger partial charge in [0.1, 0.15) is 17.3 Å². The van der Waals surface area contributed by atoms with Crippen LogP contribution in [0.15, 0.2) is 66.9 Å². The Morgan fingerprint density at radius 2 is 1.73 bits per heavy atom. The molecule has 0 aliphatic carbocycles. The fourth-order valence-electron chi connectivity index (χ4n) is 7.37. The van der Waals surface area contributed by atoms with E-state index >= 15 is 0 Å². The molecule has 1 saturated heterocycles. The van der Waals surface area contributed by atoms with Gasteiger partial charge < -0.3 is 21.1 Å². The maximum Gasteiger partial charge on any atom is 0.264 e. The zero-order chi connectivity index (χ0) is 40.1. The number of pyridine rings is 1. The quantitative estimate of drug-likeness (QED) is 0.0799. The van der Waals surface area contributed by atoms with Gasteiger partial charge in [0.05, 0.1) is 17.2 Å². The van der Waals surface area contributed by atoms with Gasteiger partial charge in [0.25, 0.3) is 17.7 Å². The first-order chi connectivity index (χ1) is 26.8. The number of phenols is 1. The SMILES string of the molecule is CCCC(=O)NC(c1cccc(C(=O)NCCCCCNc2cccc3c2C(=O)N(C2CCC(=O)NC2=O)C3=O)c1)c1cc(C(C)(C)C)c2cccnc2c1O. The number of carbonyl (C=O) groups excluding carboxylic acids is 6. The van der Waals surface area contributed by atoms with Crippen LogP contribution in [0.4, 0.5) is 5.69 Å². The topological polar surface area (TPSA) is 187 Å². The average Bonchev–Trinajstić information content (AvgIpc) is 3.42. The molecule has 4 aromatic rings. The zero-order valence-electron chi connectivity index (χ0n) is 32.2. The van der Waals surface area contributed by atoms with Crippen molar-refractivity contribution in [3.63, 3.8) is 0 Å². The first kappa shape index (κ1) is 39.6. The van der Waals surface area contributed by atoms with Crippen molar-refractivity contribution in [3.8, 4) is 5.75 Å². The lowest BCUT2D eigenvalue weighted by Gasteiger charge is -2.27. The molecule has 0 radical (unpaired) electrons. The highest BCUT2D eigenvalue weighted by Crippen LogP contribution is 2.41. The third-order valence-corrected chi connectivity index (χ3v) is 10.2. The molecule has 6 amide bonds. The lowest BCUT2D eigenvalue weighted by Crippen LogP contribution is -2.54. The molecule has 56 heavy (non-hydrogen) atoms. The maximum atomic E-state index is 13.4. The minimum atomic E-state index is -1.03. The van der Waals surface area contributed by atoms with Crippen molar-refractivity contribution >= 4 is 52.0 Å². The summed E-state index contributed by atoms with van der Waals surface area (Å²) in [5.74, 6) is -2.67. The summed E-state index contributed by atoms with van der Waals surface area (Å²) < 4.78 is 0. The molecule has 3 heterocycles. The first-order valence-electron chi connectivity index (χ1n) is 19.2. The maximum absolute atomic E-state index is 13.4. The third-order valence-electron chi connectivity index (χ3n) is 10.2. The number of nitrogens with zero attached hydrogens (tertiary/aromatic N) is 2. The molecule has 292 valence electrons. The Hall–Kier alpha value is -6.11. The molecule has 0 bridgehead atoms. The summed E-state index contributed by atoms with van der Waals surface area (Å²) in [6.45, 7) is 9.10. The number of imide groups is 2. The summed E-state index contributed by atoms with van der Waals surface area (Å²) in [5.41, 5.74) is 3.61. The van der Waals surface area contributed by atoms with Gasteiger partial charge in [-0.05, 0) is 85.0 Å². The van der Waals surface area contributed by atoms with Crippen LogP contribution in [0.5, 0.6) is 5.75 Å². The van der Waals surface area contributed by atoms with Crippen molar-refractivity contribution in [1.82, 2.24) is 25.8 Å². The van der Waals surface area contributed by atoms with Crippen molar-refractivity contribution in [2.75, 3.05) is 18.4 Å². The molecule has 2 unspecified atom stereocenters. The molecule has 2 aliphatic heterocycles. The number of phenolic OH excluding ortho intramolecular Hbond substituents is 1. The molecular weight excluding hydrogens is 713 g/mol. The molecule has 1 fully saturated rings. The number of hydrogen-bond donors (Lipinski definition) is 5. The van der Waals surface area contributed by atoms with Crippen LogP contribution in [0.25, 0.3) is 10.9 Å². The number of aromatic hydroxyl groups is 1. The van der Waals surface area contributed by atoms with Gasteiger partial charge in [0, 0.05) is 54.3 Å². The molecule has 5 N–H and O–H groups in total. The lowest BCUT2D eigenvalue weighted by molar-refractivity contribution is -0.136. The number of anilines is 1. The molecule has 13 heteroatoms. The van der Waals surface area contributed by atoms with Crippen molar-refractivity contribution < 1.29 is 33.9 Å². The van der Waals surface area contributed by atoms with Gasteiger partial charge in [-0.1, -0.05) is 52.0 Å². The Morgan fingerprint density at radius 1 is 0.964 bits per heavy atom.